The molecule has 0 saturated carbocycles. The first-order chi connectivity index (χ1) is 15.9. The zero-order valence-electron chi connectivity index (χ0n) is 20.7. The Kier molecular flexibility index (Phi) is 11.5. The van der Waals surface area contributed by atoms with Gasteiger partial charge in [0.05, 0.1) is 21.2 Å². The van der Waals surface area contributed by atoms with Gasteiger partial charge in [0.2, 0.25) is 9.84 Å². The molecule has 0 aliphatic heterocycles. The Morgan fingerprint density at radius 3 is 1.52 bits per heavy atom. The van der Waals surface area contributed by atoms with Crippen molar-refractivity contribution in [2.75, 3.05) is 0 Å². The molecule has 0 aliphatic rings. The van der Waals surface area contributed by atoms with Crippen molar-refractivity contribution >= 4 is 33.6 Å². The minimum atomic E-state index is -3.65. The van der Waals surface area contributed by atoms with Crippen molar-refractivity contribution in [2.45, 2.75) is 88.9 Å². The van der Waals surface area contributed by atoms with Crippen LogP contribution in [0.5, 0.6) is 0 Å². The predicted molar refractivity (Wildman–Crippen MR) is 141 cm³/mol. The van der Waals surface area contributed by atoms with Crippen LogP contribution in [0.2, 0.25) is 0 Å². The molecule has 0 N–H and O–H groups in total. The molecule has 2 unspecified atom stereocenters. The van der Waals surface area contributed by atoms with Crippen LogP contribution in [0.3, 0.4) is 0 Å². The van der Waals surface area contributed by atoms with E-state index in [-0.39, 0.29) is 9.79 Å². The molecule has 0 radical (unpaired) electrons. The number of sulfone groups is 1. The van der Waals surface area contributed by atoms with E-state index in [9.17, 15) is 8.42 Å². The molecule has 0 spiro atoms. The summed E-state index contributed by atoms with van der Waals surface area (Å²) in [7, 11) is -3.65. The van der Waals surface area contributed by atoms with E-state index in [1.807, 2.05) is 24.6 Å². The Bertz CT molecular complexity index is 937. The van der Waals surface area contributed by atoms with Gasteiger partial charge in [-0.2, -0.15) is 0 Å². The van der Waals surface area contributed by atoms with Gasteiger partial charge in [0.15, 0.2) is 0 Å². The SMILES string of the molecule is CCCCC(/C=N/c1cccc(S(=O)(=O)c2cccc(/N=C/C(CC)CCCC)c2)c1)CC. The summed E-state index contributed by atoms with van der Waals surface area (Å²) in [6.45, 7) is 8.70. The largest absolute Gasteiger partial charge is 0.261 e. The number of rotatable bonds is 14. The first-order valence-electron chi connectivity index (χ1n) is 12.5. The van der Waals surface area contributed by atoms with E-state index in [1.165, 1.54) is 25.7 Å². The fraction of sp³-hybridized carbons (Fsp3) is 0.500. The monoisotopic (exact) mass is 468 g/mol. The van der Waals surface area contributed by atoms with Gasteiger partial charge in [0.25, 0.3) is 0 Å². The Hall–Kier alpha value is -2.27. The zero-order chi connectivity index (χ0) is 24.1. The normalized spacial score (nSPS) is 14.2. The van der Waals surface area contributed by atoms with E-state index in [2.05, 4.69) is 37.7 Å². The molecule has 0 bridgehead atoms. The number of hydrogen-bond acceptors (Lipinski definition) is 4. The molecule has 5 heteroatoms. The maximum atomic E-state index is 13.3. The van der Waals surface area contributed by atoms with Gasteiger partial charge in [-0.1, -0.05) is 65.5 Å². The summed E-state index contributed by atoms with van der Waals surface area (Å²) in [6.07, 6.45) is 12.9. The zero-order valence-corrected chi connectivity index (χ0v) is 21.5. The third-order valence-electron chi connectivity index (χ3n) is 6.03. The van der Waals surface area contributed by atoms with Crippen LogP contribution >= 0.6 is 0 Å². The van der Waals surface area contributed by atoms with Crippen LogP contribution < -0.4 is 0 Å². The van der Waals surface area contributed by atoms with Crippen molar-refractivity contribution in [3.05, 3.63) is 48.5 Å². The average Bonchev–Trinajstić information content (AvgIpc) is 2.84. The summed E-state index contributed by atoms with van der Waals surface area (Å²) < 4.78 is 26.6. The van der Waals surface area contributed by atoms with E-state index < -0.39 is 9.84 Å². The highest BCUT2D eigenvalue weighted by atomic mass is 32.2. The van der Waals surface area contributed by atoms with Crippen molar-refractivity contribution in [2.24, 2.45) is 21.8 Å². The molecule has 33 heavy (non-hydrogen) atoms. The molecule has 0 fully saturated rings. The van der Waals surface area contributed by atoms with Crippen LogP contribution in [-0.2, 0) is 9.84 Å². The lowest BCUT2D eigenvalue weighted by molar-refractivity contribution is 0.576. The number of benzene rings is 2. The molecule has 2 aromatic carbocycles. The summed E-state index contributed by atoms with van der Waals surface area (Å²) in [5.41, 5.74) is 1.34. The molecule has 0 aliphatic carbocycles. The van der Waals surface area contributed by atoms with Gasteiger partial charge < -0.3 is 0 Å². The molecule has 180 valence electrons. The summed E-state index contributed by atoms with van der Waals surface area (Å²) >= 11 is 0. The van der Waals surface area contributed by atoms with Crippen molar-refractivity contribution in [1.82, 2.24) is 0 Å². The smallest absolute Gasteiger partial charge is 0.206 e. The van der Waals surface area contributed by atoms with Gasteiger partial charge >= 0.3 is 0 Å². The van der Waals surface area contributed by atoms with Crippen molar-refractivity contribution in [1.29, 1.82) is 0 Å². The van der Waals surface area contributed by atoms with Gasteiger partial charge in [-0.05, 0) is 73.9 Å². The Morgan fingerprint density at radius 2 is 1.15 bits per heavy atom. The fourth-order valence-electron chi connectivity index (χ4n) is 3.68. The highest BCUT2D eigenvalue weighted by Crippen LogP contribution is 2.27. The number of nitrogens with zero attached hydrogens (tertiary/aromatic N) is 2. The van der Waals surface area contributed by atoms with E-state index in [0.717, 1.165) is 25.7 Å². The molecule has 4 nitrogen and oxygen atoms in total. The summed E-state index contributed by atoms with van der Waals surface area (Å²) in [6, 6.07) is 13.8. The molecule has 2 atom stereocenters. The summed E-state index contributed by atoms with van der Waals surface area (Å²) in [5.74, 6) is 0.841. The molecule has 0 saturated heterocycles. The second-order valence-electron chi connectivity index (χ2n) is 8.68. The van der Waals surface area contributed by atoms with Gasteiger partial charge in [-0.3, -0.25) is 9.98 Å². The van der Waals surface area contributed by atoms with E-state index in [1.54, 1.807) is 36.4 Å². The Morgan fingerprint density at radius 1 is 0.727 bits per heavy atom. The molecular weight excluding hydrogens is 428 g/mol. The van der Waals surface area contributed by atoms with Crippen molar-refractivity contribution in [3.8, 4) is 0 Å². The minimum Gasteiger partial charge on any atom is -0.261 e. The van der Waals surface area contributed by atoms with Crippen LogP contribution in [-0.4, -0.2) is 20.8 Å². The van der Waals surface area contributed by atoms with Crippen LogP contribution in [0.15, 0.2) is 68.3 Å². The summed E-state index contributed by atoms with van der Waals surface area (Å²) in [4.78, 5) is 9.69. The van der Waals surface area contributed by atoms with Crippen LogP contribution in [0.4, 0.5) is 11.4 Å². The van der Waals surface area contributed by atoms with Crippen LogP contribution in [0, 0.1) is 11.8 Å². The highest BCUT2D eigenvalue weighted by molar-refractivity contribution is 7.91. The van der Waals surface area contributed by atoms with Gasteiger partial charge in [-0.15, -0.1) is 0 Å². The third kappa shape index (κ3) is 8.54. The van der Waals surface area contributed by atoms with Crippen LogP contribution in [0.25, 0.3) is 0 Å². The molecular formula is C28H40N2O2S. The molecule has 2 aromatic rings. The maximum Gasteiger partial charge on any atom is 0.206 e. The number of unbranched alkanes of at least 4 members (excludes halogenated alkanes) is 2. The maximum absolute atomic E-state index is 13.3. The molecule has 0 aromatic heterocycles. The average molecular weight is 469 g/mol. The molecule has 0 heterocycles. The molecule has 0 amide bonds. The standard InChI is InChI=1S/C28H40N2O2S/c1-5-9-13-23(7-3)21-29-25-15-11-17-27(19-25)33(31,32)28-18-12-16-26(20-28)30-22-24(8-4)14-10-6-2/h11-12,15-24H,5-10,13-14H2,1-4H3/b29-21+,30-22+. The lowest BCUT2D eigenvalue weighted by Gasteiger charge is -2.09. The van der Waals surface area contributed by atoms with Crippen molar-refractivity contribution < 1.29 is 8.42 Å². The van der Waals surface area contributed by atoms with Crippen molar-refractivity contribution in [3.63, 3.8) is 0 Å². The topological polar surface area (TPSA) is 58.9 Å². The van der Waals surface area contributed by atoms with Crippen LogP contribution in [0.1, 0.15) is 79.1 Å². The van der Waals surface area contributed by atoms with E-state index in [4.69, 9.17) is 0 Å². The quantitative estimate of drug-likeness (QED) is 0.261. The second-order valence-corrected chi connectivity index (χ2v) is 10.6. The fourth-order valence-corrected chi connectivity index (χ4v) is 5.02. The first-order valence-corrected chi connectivity index (χ1v) is 14.0. The van der Waals surface area contributed by atoms with E-state index >= 15 is 0 Å². The Labute approximate surface area is 201 Å². The second kappa shape index (κ2) is 14.1. The van der Waals surface area contributed by atoms with Gasteiger partial charge in [-0.25, -0.2) is 8.42 Å². The third-order valence-corrected chi connectivity index (χ3v) is 7.78. The highest BCUT2D eigenvalue weighted by Gasteiger charge is 2.18. The minimum absolute atomic E-state index is 0.259. The summed E-state index contributed by atoms with van der Waals surface area (Å²) in [5, 5.41) is 0. The lowest BCUT2D eigenvalue weighted by atomic mass is 10.0. The van der Waals surface area contributed by atoms with Gasteiger partial charge in [0, 0.05) is 12.4 Å². The first kappa shape index (κ1) is 27.0. The predicted octanol–water partition coefficient (Wildman–Crippen LogP) is 8.36. The Balaban J connectivity index is 2.23. The lowest BCUT2D eigenvalue weighted by Crippen LogP contribution is -2.02. The number of aliphatic imine (C=N–C) groups is 2. The molecule has 2 rings (SSSR count). The van der Waals surface area contributed by atoms with E-state index in [0.29, 0.717) is 23.2 Å². The van der Waals surface area contributed by atoms with Gasteiger partial charge in [0.1, 0.15) is 0 Å². The number of hydrogen-bond donors (Lipinski definition) is 0.